The summed E-state index contributed by atoms with van der Waals surface area (Å²) >= 11 is 1.66. The monoisotopic (exact) mass is 250 g/mol. The van der Waals surface area contributed by atoms with Gasteiger partial charge >= 0.3 is 0 Å². The lowest BCUT2D eigenvalue weighted by atomic mass is 10.0. The molecular weight excluding hydrogens is 235 g/mol. The number of aromatic nitrogens is 1. The van der Waals surface area contributed by atoms with Gasteiger partial charge in [0.15, 0.2) is 0 Å². The van der Waals surface area contributed by atoms with Crippen LogP contribution in [0.4, 0.5) is 4.39 Å². The highest BCUT2D eigenvalue weighted by molar-refractivity contribution is 7.09. The summed E-state index contributed by atoms with van der Waals surface area (Å²) in [5.74, 6) is -0.171. The van der Waals surface area contributed by atoms with Gasteiger partial charge in [-0.15, -0.1) is 11.3 Å². The molecule has 0 aliphatic rings. The maximum absolute atomic E-state index is 13.1. The van der Waals surface area contributed by atoms with Crippen molar-refractivity contribution in [2.45, 2.75) is 18.9 Å². The number of nitrogens with zero attached hydrogens (tertiary/aromatic N) is 1. The third-order valence-electron chi connectivity index (χ3n) is 2.71. The molecule has 0 amide bonds. The van der Waals surface area contributed by atoms with Crippen molar-refractivity contribution in [3.8, 4) is 0 Å². The normalized spacial score (nSPS) is 12.6. The van der Waals surface area contributed by atoms with Gasteiger partial charge in [-0.05, 0) is 37.6 Å². The van der Waals surface area contributed by atoms with Crippen LogP contribution in [-0.4, -0.2) is 18.1 Å². The van der Waals surface area contributed by atoms with Crippen LogP contribution in [-0.2, 0) is 12.8 Å². The highest BCUT2D eigenvalue weighted by atomic mass is 32.1. The molecule has 0 aliphatic carbocycles. The molecule has 0 bridgehead atoms. The molecular formula is C13H15FN2S. The van der Waals surface area contributed by atoms with E-state index in [1.54, 1.807) is 23.5 Å². The van der Waals surface area contributed by atoms with Crippen molar-refractivity contribution in [2.75, 3.05) is 7.05 Å². The minimum atomic E-state index is -0.171. The Morgan fingerprint density at radius 1 is 1.41 bits per heavy atom. The molecule has 0 saturated heterocycles. The predicted molar refractivity (Wildman–Crippen MR) is 68.8 cm³/mol. The number of likely N-dealkylation sites (N-methyl/N-ethyl adjacent to an activating group) is 1. The van der Waals surface area contributed by atoms with Crippen LogP contribution in [0.25, 0.3) is 0 Å². The Balaban J connectivity index is 2.00. The van der Waals surface area contributed by atoms with Crippen LogP contribution in [0.3, 0.4) is 0 Å². The van der Waals surface area contributed by atoms with Crippen molar-refractivity contribution >= 4 is 11.3 Å². The molecule has 1 unspecified atom stereocenters. The second kappa shape index (κ2) is 5.89. The van der Waals surface area contributed by atoms with Gasteiger partial charge in [-0.25, -0.2) is 4.39 Å². The van der Waals surface area contributed by atoms with Gasteiger partial charge in [0.1, 0.15) is 5.82 Å². The number of nitrogens with one attached hydrogen (secondary N) is 1. The Labute approximate surface area is 105 Å². The van der Waals surface area contributed by atoms with E-state index in [-0.39, 0.29) is 5.82 Å². The van der Waals surface area contributed by atoms with Gasteiger partial charge in [0.25, 0.3) is 0 Å². The molecule has 2 rings (SSSR count). The maximum Gasteiger partial charge on any atom is 0.123 e. The first-order valence-corrected chi connectivity index (χ1v) is 6.45. The summed E-state index contributed by atoms with van der Waals surface area (Å²) in [5, 5.41) is 3.26. The van der Waals surface area contributed by atoms with Crippen LogP contribution in [0, 0.1) is 5.82 Å². The van der Waals surface area contributed by atoms with E-state index in [0.717, 1.165) is 18.4 Å². The molecule has 1 N–H and O–H groups in total. The third kappa shape index (κ3) is 3.61. The van der Waals surface area contributed by atoms with Crippen LogP contribution < -0.4 is 5.32 Å². The lowest BCUT2D eigenvalue weighted by Gasteiger charge is -2.15. The van der Waals surface area contributed by atoms with Crippen LogP contribution >= 0.6 is 11.3 Å². The van der Waals surface area contributed by atoms with E-state index in [4.69, 9.17) is 0 Å². The Morgan fingerprint density at radius 2 is 2.29 bits per heavy atom. The van der Waals surface area contributed by atoms with Gasteiger partial charge in [-0.1, -0.05) is 12.1 Å². The number of thiazole rings is 1. The first-order valence-electron chi connectivity index (χ1n) is 5.57. The molecule has 17 heavy (non-hydrogen) atoms. The molecule has 0 saturated carbocycles. The Bertz CT molecular complexity index is 456. The average molecular weight is 250 g/mol. The van der Waals surface area contributed by atoms with Crippen LogP contribution in [0.5, 0.6) is 0 Å². The van der Waals surface area contributed by atoms with Gasteiger partial charge in [0, 0.05) is 17.1 Å². The fourth-order valence-corrected chi connectivity index (χ4v) is 2.49. The largest absolute Gasteiger partial charge is 0.316 e. The Hall–Kier alpha value is -1.26. The minimum Gasteiger partial charge on any atom is -0.316 e. The zero-order chi connectivity index (χ0) is 12.1. The molecule has 0 radical (unpaired) electrons. The predicted octanol–water partition coefficient (Wildman–Crippen LogP) is 2.66. The number of rotatable bonds is 5. The van der Waals surface area contributed by atoms with Crippen molar-refractivity contribution in [1.29, 1.82) is 0 Å². The molecule has 0 spiro atoms. The van der Waals surface area contributed by atoms with E-state index < -0.39 is 0 Å². The van der Waals surface area contributed by atoms with Crippen molar-refractivity contribution in [1.82, 2.24) is 10.3 Å². The minimum absolute atomic E-state index is 0.171. The zero-order valence-corrected chi connectivity index (χ0v) is 10.5. The first kappa shape index (κ1) is 12.2. The average Bonchev–Trinajstić information content (AvgIpc) is 2.81. The van der Waals surface area contributed by atoms with E-state index in [1.807, 2.05) is 24.8 Å². The molecule has 90 valence electrons. The first-order chi connectivity index (χ1) is 8.28. The van der Waals surface area contributed by atoms with Crippen molar-refractivity contribution < 1.29 is 4.39 Å². The van der Waals surface area contributed by atoms with Crippen molar-refractivity contribution in [3.05, 3.63) is 52.2 Å². The molecule has 2 aromatic rings. The number of hydrogen-bond acceptors (Lipinski definition) is 3. The quantitative estimate of drug-likeness (QED) is 0.882. The van der Waals surface area contributed by atoms with Gasteiger partial charge < -0.3 is 5.32 Å². The topological polar surface area (TPSA) is 24.9 Å². The maximum atomic E-state index is 13.1. The van der Waals surface area contributed by atoms with E-state index >= 15 is 0 Å². The van der Waals surface area contributed by atoms with E-state index in [0.29, 0.717) is 6.04 Å². The number of halogens is 1. The molecule has 2 nitrogen and oxygen atoms in total. The highest BCUT2D eigenvalue weighted by Gasteiger charge is 2.09. The molecule has 0 fully saturated rings. The van der Waals surface area contributed by atoms with Gasteiger partial charge in [-0.3, -0.25) is 4.98 Å². The second-order valence-corrected chi connectivity index (χ2v) is 4.96. The van der Waals surface area contributed by atoms with Crippen LogP contribution in [0.15, 0.2) is 36.0 Å². The number of hydrogen-bond donors (Lipinski definition) is 1. The van der Waals surface area contributed by atoms with Gasteiger partial charge in [0.2, 0.25) is 0 Å². The van der Waals surface area contributed by atoms with Gasteiger partial charge in [0.05, 0.1) is 5.51 Å². The zero-order valence-electron chi connectivity index (χ0n) is 9.69. The Morgan fingerprint density at radius 3 is 2.94 bits per heavy atom. The van der Waals surface area contributed by atoms with Crippen LogP contribution in [0.2, 0.25) is 0 Å². The molecule has 1 atom stereocenters. The Kier molecular flexibility index (Phi) is 4.23. The lowest BCUT2D eigenvalue weighted by molar-refractivity contribution is 0.556. The van der Waals surface area contributed by atoms with E-state index in [2.05, 4.69) is 10.3 Å². The fraction of sp³-hybridized carbons (Fsp3) is 0.308. The summed E-state index contributed by atoms with van der Waals surface area (Å²) in [6.07, 6.45) is 3.64. The SMILES string of the molecule is CNC(Cc1cccc(F)c1)Cc1cncs1. The van der Waals surface area contributed by atoms with Crippen LogP contribution in [0.1, 0.15) is 10.4 Å². The van der Waals surface area contributed by atoms with E-state index in [1.165, 1.54) is 10.9 Å². The molecule has 1 heterocycles. The summed E-state index contributed by atoms with van der Waals surface area (Å²) < 4.78 is 13.1. The highest BCUT2D eigenvalue weighted by Crippen LogP contribution is 2.13. The van der Waals surface area contributed by atoms with E-state index in [9.17, 15) is 4.39 Å². The third-order valence-corrected chi connectivity index (χ3v) is 3.51. The second-order valence-electron chi connectivity index (χ2n) is 3.99. The molecule has 1 aromatic carbocycles. The van der Waals surface area contributed by atoms with Gasteiger partial charge in [-0.2, -0.15) is 0 Å². The standard InChI is InChI=1S/C13H15FN2S/c1-15-12(7-13-8-16-9-17-13)6-10-3-2-4-11(14)5-10/h2-5,8-9,12,15H,6-7H2,1H3. The van der Waals surface area contributed by atoms with Crippen molar-refractivity contribution in [3.63, 3.8) is 0 Å². The molecule has 1 aromatic heterocycles. The molecule has 4 heteroatoms. The number of benzene rings is 1. The summed E-state index contributed by atoms with van der Waals surface area (Å²) in [4.78, 5) is 5.31. The fourth-order valence-electron chi connectivity index (χ4n) is 1.81. The summed E-state index contributed by atoms with van der Waals surface area (Å²) in [6, 6.07) is 7.10. The summed E-state index contributed by atoms with van der Waals surface area (Å²) in [7, 11) is 1.94. The summed E-state index contributed by atoms with van der Waals surface area (Å²) in [6.45, 7) is 0. The lowest BCUT2D eigenvalue weighted by Crippen LogP contribution is -2.29. The summed E-state index contributed by atoms with van der Waals surface area (Å²) in [5.41, 5.74) is 2.86. The van der Waals surface area contributed by atoms with Crippen molar-refractivity contribution in [2.24, 2.45) is 0 Å². The molecule has 0 aliphatic heterocycles. The smallest absolute Gasteiger partial charge is 0.123 e.